The van der Waals surface area contributed by atoms with Gasteiger partial charge >= 0.3 is 0 Å². The number of anilines is 1. The van der Waals surface area contributed by atoms with Gasteiger partial charge in [-0.05, 0) is 38.5 Å². The zero-order valence-electron chi connectivity index (χ0n) is 13.7. The third-order valence-electron chi connectivity index (χ3n) is 3.67. The van der Waals surface area contributed by atoms with Gasteiger partial charge in [-0.2, -0.15) is 0 Å². The Morgan fingerprint density at radius 3 is 2.71 bits per heavy atom. The first-order valence-electron chi connectivity index (χ1n) is 7.71. The second-order valence-corrected chi connectivity index (χ2v) is 7.73. The number of nitrogens with one attached hydrogen (secondary N) is 1. The summed E-state index contributed by atoms with van der Waals surface area (Å²) in [5, 5.41) is 3.46. The van der Waals surface area contributed by atoms with Crippen LogP contribution in [-0.4, -0.2) is 30.8 Å². The van der Waals surface area contributed by atoms with Gasteiger partial charge < -0.3 is 15.0 Å². The summed E-state index contributed by atoms with van der Waals surface area (Å²) in [6.45, 7) is 13.6. The summed E-state index contributed by atoms with van der Waals surface area (Å²) in [6.07, 6.45) is 0.259. The van der Waals surface area contributed by atoms with Crippen molar-refractivity contribution in [3.05, 3.63) is 28.2 Å². The summed E-state index contributed by atoms with van der Waals surface area (Å²) < 4.78 is 7.15. The maximum atomic E-state index is 5.98. The lowest BCUT2D eigenvalue weighted by molar-refractivity contribution is -0.0749. The maximum Gasteiger partial charge on any atom is 0.0805 e. The highest BCUT2D eigenvalue weighted by Crippen LogP contribution is 2.29. The molecule has 2 rings (SSSR count). The molecule has 1 fully saturated rings. The van der Waals surface area contributed by atoms with Crippen LogP contribution in [0.15, 0.2) is 22.7 Å². The van der Waals surface area contributed by atoms with Crippen molar-refractivity contribution in [3.63, 3.8) is 0 Å². The van der Waals surface area contributed by atoms with Crippen LogP contribution in [0.1, 0.15) is 40.2 Å². The van der Waals surface area contributed by atoms with E-state index in [1.165, 1.54) is 15.7 Å². The fourth-order valence-corrected chi connectivity index (χ4v) is 3.35. The van der Waals surface area contributed by atoms with Crippen LogP contribution >= 0.6 is 15.9 Å². The topological polar surface area (TPSA) is 24.5 Å². The van der Waals surface area contributed by atoms with Crippen molar-refractivity contribution >= 4 is 21.6 Å². The van der Waals surface area contributed by atoms with Crippen molar-refractivity contribution < 1.29 is 4.74 Å². The van der Waals surface area contributed by atoms with Gasteiger partial charge in [0.15, 0.2) is 0 Å². The van der Waals surface area contributed by atoms with E-state index < -0.39 is 0 Å². The number of morpholine rings is 1. The lowest BCUT2D eigenvalue weighted by atomic mass is 10.0. The summed E-state index contributed by atoms with van der Waals surface area (Å²) >= 11 is 3.71. The Balaban J connectivity index is 2.12. The minimum Gasteiger partial charge on any atom is -0.369 e. The SMILES string of the molecule is CC(C)NCc1ccc(N2CC(C)OC(C)(C)C2)cc1Br. The molecule has 1 aliphatic rings. The molecule has 1 saturated heterocycles. The van der Waals surface area contributed by atoms with Gasteiger partial charge in [0, 0.05) is 35.8 Å². The van der Waals surface area contributed by atoms with Crippen molar-refractivity contribution in [1.82, 2.24) is 5.32 Å². The van der Waals surface area contributed by atoms with E-state index >= 15 is 0 Å². The molecule has 3 nitrogen and oxygen atoms in total. The minimum atomic E-state index is -0.0952. The van der Waals surface area contributed by atoms with Crippen LogP contribution in [0, 0.1) is 0 Å². The Morgan fingerprint density at radius 1 is 1.43 bits per heavy atom. The monoisotopic (exact) mass is 354 g/mol. The van der Waals surface area contributed by atoms with Gasteiger partial charge in [0.2, 0.25) is 0 Å². The molecule has 21 heavy (non-hydrogen) atoms. The van der Waals surface area contributed by atoms with Gasteiger partial charge in [0.1, 0.15) is 0 Å². The molecule has 1 unspecified atom stereocenters. The maximum absolute atomic E-state index is 5.98. The standard InChI is InChI=1S/C17H27BrN2O/c1-12(2)19-9-14-6-7-15(8-16(14)18)20-10-13(3)21-17(4,5)11-20/h6-8,12-13,19H,9-11H2,1-5H3. The Bertz CT molecular complexity index is 488. The van der Waals surface area contributed by atoms with Crippen molar-refractivity contribution in [2.75, 3.05) is 18.0 Å². The molecule has 0 spiro atoms. The normalized spacial score (nSPS) is 21.9. The van der Waals surface area contributed by atoms with Crippen molar-refractivity contribution in [3.8, 4) is 0 Å². The number of ether oxygens (including phenoxy) is 1. The second-order valence-electron chi connectivity index (χ2n) is 6.88. The van der Waals surface area contributed by atoms with E-state index in [4.69, 9.17) is 4.74 Å². The third-order valence-corrected chi connectivity index (χ3v) is 4.41. The molecule has 118 valence electrons. The molecule has 1 atom stereocenters. The number of halogens is 1. The number of rotatable bonds is 4. The smallest absolute Gasteiger partial charge is 0.0805 e. The van der Waals surface area contributed by atoms with Crippen molar-refractivity contribution in [1.29, 1.82) is 0 Å². The Hall–Kier alpha value is -0.580. The number of hydrogen-bond acceptors (Lipinski definition) is 3. The molecule has 4 heteroatoms. The molecule has 1 aliphatic heterocycles. The molecule has 0 aromatic heterocycles. The lowest BCUT2D eigenvalue weighted by Crippen LogP contribution is -2.52. The Morgan fingerprint density at radius 2 is 2.14 bits per heavy atom. The summed E-state index contributed by atoms with van der Waals surface area (Å²) in [5.74, 6) is 0. The molecule has 1 aromatic rings. The van der Waals surface area contributed by atoms with E-state index in [0.717, 1.165) is 19.6 Å². The highest BCUT2D eigenvalue weighted by Gasteiger charge is 2.31. The van der Waals surface area contributed by atoms with Crippen LogP contribution in [0.5, 0.6) is 0 Å². The first-order chi connectivity index (χ1) is 9.77. The average molecular weight is 355 g/mol. The van der Waals surface area contributed by atoms with Crippen molar-refractivity contribution in [2.45, 2.75) is 58.9 Å². The fraction of sp³-hybridized carbons (Fsp3) is 0.647. The average Bonchev–Trinajstić information content (AvgIpc) is 2.34. The second kappa shape index (κ2) is 6.67. The molecule has 0 amide bonds. The van der Waals surface area contributed by atoms with Gasteiger partial charge in [0.25, 0.3) is 0 Å². The Kier molecular flexibility index (Phi) is 5.33. The predicted octanol–water partition coefficient (Wildman–Crippen LogP) is 3.95. The van der Waals surface area contributed by atoms with Crippen LogP contribution in [0.25, 0.3) is 0 Å². The molecular formula is C17H27BrN2O. The van der Waals surface area contributed by atoms with Crippen molar-refractivity contribution in [2.24, 2.45) is 0 Å². The largest absolute Gasteiger partial charge is 0.369 e. The molecule has 0 bridgehead atoms. The van der Waals surface area contributed by atoms with Crippen LogP contribution in [0.2, 0.25) is 0 Å². The van der Waals surface area contributed by atoms with E-state index in [1.807, 2.05) is 0 Å². The van der Waals surface area contributed by atoms with Gasteiger partial charge in [-0.25, -0.2) is 0 Å². The third kappa shape index (κ3) is 4.70. The van der Waals surface area contributed by atoms with Gasteiger partial charge in [-0.3, -0.25) is 0 Å². The molecule has 1 N–H and O–H groups in total. The zero-order chi connectivity index (χ0) is 15.6. The number of benzene rings is 1. The molecule has 1 aromatic carbocycles. The van der Waals surface area contributed by atoms with Crippen LogP contribution in [-0.2, 0) is 11.3 Å². The molecule has 1 heterocycles. The molecule has 0 saturated carbocycles. The highest BCUT2D eigenvalue weighted by molar-refractivity contribution is 9.10. The van der Waals surface area contributed by atoms with Crippen LogP contribution in [0.3, 0.4) is 0 Å². The van der Waals surface area contributed by atoms with E-state index in [0.29, 0.717) is 6.04 Å². The lowest BCUT2D eigenvalue weighted by Gasteiger charge is -2.43. The van der Waals surface area contributed by atoms with E-state index in [1.54, 1.807) is 0 Å². The molecule has 0 aliphatic carbocycles. The van der Waals surface area contributed by atoms with E-state index in [9.17, 15) is 0 Å². The molecule has 0 radical (unpaired) electrons. The summed E-state index contributed by atoms with van der Waals surface area (Å²) in [6, 6.07) is 7.15. The zero-order valence-corrected chi connectivity index (χ0v) is 15.3. The summed E-state index contributed by atoms with van der Waals surface area (Å²) in [7, 11) is 0. The van der Waals surface area contributed by atoms with E-state index in [2.05, 4.69) is 79.0 Å². The van der Waals surface area contributed by atoms with Gasteiger partial charge in [0.05, 0.1) is 11.7 Å². The first kappa shape index (κ1) is 16.8. The van der Waals surface area contributed by atoms with Crippen LogP contribution < -0.4 is 10.2 Å². The quantitative estimate of drug-likeness (QED) is 0.885. The fourth-order valence-electron chi connectivity index (χ4n) is 2.84. The van der Waals surface area contributed by atoms with E-state index in [-0.39, 0.29) is 11.7 Å². The van der Waals surface area contributed by atoms with Crippen LogP contribution in [0.4, 0.5) is 5.69 Å². The number of hydrogen-bond donors (Lipinski definition) is 1. The minimum absolute atomic E-state index is 0.0952. The van der Waals surface area contributed by atoms with Gasteiger partial charge in [-0.1, -0.05) is 35.8 Å². The predicted molar refractivity (Wildman–Crippen MR) is 93.0 cm³/mol. The summed E-state index contributed by atoms with van der Waals surface area (Å²) in [5.41, 5.74) is 2.47. The Labute approximate surface area is 137 Å². The summed E-state index contributed by atoms with van der Waals surface area (Å²) in [4.78, 5) is 2.42. The molecular weight excluding hydrogens is 328 g/mol. The first-order valence-corrected chi connectivity index (χ1v) is 8.51. The number of nitrogens with zero attached hydrogens (tertiary/aromatic N) is 1. The highest BCUT2D eigenvalue weighted by atomic mass is 79.9. The van der Waals surface area contributed by atoms with Gasteiger partial charge in [-0.15, -0.1) is 0 Å².